The van der Waals surface area contributed by atoms with E-state index in [0.29, 0.717) is 17.9 Å². The van der Waals surface area contributed by atoms with Crippen LogP contribution in [0.15, 0.2) is 52.2 Å². The Morgan fingerprint density at radius 3 is 2.76 bits per heavy atom. The number of carbonyl (C=O) groups excluding carboxylic acids is 1. The van der Waals surface area contributed by atoms with Crippen LogP contribution in [0.2, 0.25) is 5.02 Å². The molecule has 0 aliphatic heterocycles. The number of nitrogens with one attached hydrogen (secondary N) is 1. The van der Waals surface area contributed by atoms with Gasteiger partial charge in [0.1, 0.15) is 17.3 Å². The molecule has 0 saturated carbocycles. The molecule has 0 radical (unpaired) electrons. The number of nitrogens with zero attached hydrogens (tertiary/aromatic N) is 6. The average molecular weight is 485 g/mol. The highest BCUT2D eigenvalue weighted by Crippen LogP contribution is 2.28. The third kappa shape index (κ3) is 4.71. The monoisotopic (exact) mass is 484 g/mol. The molecule has 3 N–H and O–H groups in total. The first-order valence-electron chi connectivity index (χ1n) is 10.0. The Balaban J connectivity index is 1.67. The number of halogens is 2. The van der Waals surface area contributed by atoms with Gasteiger partial charge in [0.2, 0.25) is 11.6 Å². The maximum atomic E-state index is 13.9. The van der Waals surface area contributed by atoms with Gasteiger partial charge in [-0.15, -0.1) is 5.10 Å². The second-order valence-corrected chi connectivity index (χ2v) is 7.29. The van der Waals surface area contributed by atoms with Gasteiger partial charge in [0.05, 0.1) is 17.8 Å². The molecule has 0 bridgehead atoms. The molecule has 2 aromatic heterocycles. The minimum atomic E-state index is -0.716. The smallest absolute Gasteiger partial charge is 0.294 e. The Bertz CT molecular complexity index is 1320. The summed E-state index contributed by atoms with van der Waals surface area (Å²) in [6.07, 6.45) is 1.96. The van der Waals surface area contributed by atoms with Crippen LogP contribution in [-0.2, 0) is 0 Å². The van der Waals surface area contributed by atoms with Crippen LogP contribution >= 0.6 is 11.6 Å². The van der Waals surface area contributed by atoms with Crippen molar-refractivity contribution < 1.29 is 18.6 Å². The highest BCUT2D eigenvalue weighted by atomic mass is 35.5. The van der Waals surface area contributed by atoms with Crippen molar-refractivity contribution in [2.75, 3.05) is 12.3 Å². The lowest BCUT2D eigenvalue weighted by Gasteiger charge is -2.08. The summed E-state index contributed by atoms with van der Waals surface area (Å²) in [4.78, 5) is 12.9. The Labute approximate surface area is 197 Å². The molecule has 13 heteroatoms. The van der Waals surface area contributed by atoms with Crippen molar-refractivity contribution in [3.63, 3.8) is 0 Å². The summed E-state index contributed by atoms with van der Waals surface area (Å²) in [5, 5.41) is 19.1. The van der Waals surface area contributed by atoms with Crippen LogP contribution in [0.4, 0.5) is 10.2 Å². The standard InChI is InChI=1S/C21H18ClFN8O3/c1-2-10-33-13-8-6-12(7-9-13)18-17(26-30-31(18)20-19(24)28-34-29-20)21(32)27-25-11-14-15(22)4-3-5-16(14)23/h3-9,11H,2,10H2,1H3,(H2,24,28)(H,27,32)/b25-11-. The van der Waals surface area contributed by atoms with Gasteiger partial charge in [-0.05, 0) is 53.1 Å². The summed E-state index contributed by atoms with van der Waals surface area (Å²) >= 11 is 5.97. The second-order valence-electron chi connectivity index (χ2n) is 6.88. The number of nitrogens with two attached hydrogens (primary N) is 1. The Morgan fingerprint density at radius 2 is 2.09 bits per heavy atom. The molecule has 0 fully saturated rings. The maximum absolute atomic E-state index is 13.9. The number of amides is 1. The van der Waals surface area contributed by atoms with Crippen molar-refractivity contribution in [1.82, 2.24) is 30.7 Å². The normalized spacial score (nSPS) is 11.1. The van der Waals surface area contributed by atoms with Gasteiger partial charge in [-0.25, -0.2) is 14.4 Å². The molecule has 0 atom stereocenters. The molecular weight excluding hydrogens is 467 g/mol. The third-order valence-electron chi connectivity index (χ3n) is 4.54. The zero-order valence-corrected chi connectivity index (χ0v) is 18.5. The van der Waals surface area contributed by atoms with E-state index < -0.39 is 11.7 Å². The highest BCUT2D eigenvalue weighted by molar-refractivity contribution is 6.33. The summed E-state index contributed by atoms with van der Waals surface area (Å²) in [5.41, 5.74) is 8.85. The largest absolute Gasteiger partial charge is 0.494 e. The van der Waals surface area contributed by atoms with Gasteiger partial charge in [-0.1, -0.05) is 29.8 Å². The lowest BCUT2D eigenvalue weighted by Crippen LogP contribution is -2.19. The molecule has 11 nitrogen and oxygen atoms in total. The summed E-state index contributed by atoms with van der Waals surface area (Å²) in [6.45, 7) is 2.57. The van der Waals surface area contributed by atoms with Crippen molar-refractivity contribution in [1.29, 1.82) is 0 Å². The lowest BCUT2D eigenvalue weighted by molar-refractivity contribution is 0.0950. The molecule has 2 aromatic carbocycles. The van der Waals surface area contributed by atoms with Crippen LogP contribution in [0, 0.1) is 5.82 Å². The Morgan fingerprint density at radius 1 is 1.29 bits per heavy atom. The second kappa shape index (κ2) is 10.1. The highest BCUT2D eigenvalue weighted by Gasteiger charge is 2.25. The van der Waals surface area contributed by atoms with Crippen molar-refractivity contribution in [2.45, 2.75) is 13.3 Å². The minimum absolute atomic E-state index is 0.0254. The molecule has 4 rings (SSSR count). The Hall–Kier alpha value is -4.32. The van der Waals surface area contributed by atoms with E-state index in [1.54, 1.807) is 24.3 Å². The van der Waals surface area contributed by atoms with Gasteiger partial charge in [-0.3, -0.25) is 4.79 Å². The molecule has 0 aliphatic carbocycles. The van der Waals surface area contributed by atoms with Crippen LogP contribution in [0.1, 0.15) is 29.4 Å². The fraction of sp³-hybridized carbons (Fsp3) is 0.143. The summed E-state index contributed by atoms with van der Waals surface area (Å²) in [6, 6.07) is 11.1. The van der Waals surface area contributed by atoms with E-state index in [0.717, 1.165) is 12.6 Å². The lowest BCUT2D eigenvalue weighted by atomic mass is 10.1. The maximum Gasteiger partial charge on any atom is 0.294 e. The van der Waals surface area contributed by atoms with Crippen LogP contribution in [0.5, 0.6) is 5.75 Å². The van der Waals surface area contributed by atoms with Crippen LogP contribution in [0.3, 0.4) is 0 Å². The van der Waals surface area contributed by atoms with Crippen LogP contribution in [-0.4, -0.2) is 44.0 Å². The predicted octanol–water partition coefficient (Wildman–Crippen LogP) is 3.24. The van der Waals surface area contributed by atoms with Gasteiger partial charge in [-0.2, -0.15) is 9.78 Å². The van der Waals surface area contributed by atoms with E-state index in [-0.39, 0.29) is 33.6 Å². The van der Waals surface area contributed by atoms with Gasteiger partial charge >= 0.3 is 0 Å². The SMILES string of the molecule is CCCOc1ccc(-c2c(C(=O)N/N=C\c3c(F)cccc3Cl)nnn2-c2nonc2N)cc1. The van der Waals surface area contributed by atoms with Crippen molar-refractivity contribution in [3.8, 4) is 22.8 Å². The van der Waals surface area contributed by atoms with Gasteiger partial charge < -0.3 is 10.5 Å². The first-order valence-corrected chi connectivity index (χ1v) is 10.4. The molecule has 0 unspecified atom stereocenters. The fourth-order valence-corrected chi connectivity index (χ4v) is 3.16. The van der Waals surface area contributed by atoms with E-state index in [1.807, 2.05) is 6.92 Å². The molecule has 174 valence electrons. The van der Waals surface area contributed by atoms with E-state index in [2.05, 4.69) is 35.8 Å². The average Bonchev–Trinajstić information content (AvgIpc) is 3.46. The molecule has 4 aromatic rings. The number of hydrazone groups is 1. The number of ether oxygens (including phenoxy) is 1. The van der Waals surface area contributed by atoms with Gasteiger partial charge in [0.25, 0.3) is 5.91 Å². The quantitative estimate of drug-likeness (QED) is 0.286. The molecular formula is C21H18ClFN8O3. The van der Waals surface area contributed by atoms with Crippen molar-refractivity contribution in [3.05, 3.63) is 64.6 Å². The zero-order valence-electron chi connectivity index (χ0n) is 17.8. The number of anilines is 1. The molecule has 0 aliphatic rings. The molecule has 2 heterocycles. The summed E-state index contributed by atoms with van der Waals surface area (Å²) < 4.78 is 25.4. The van der Waals surface area contributed by atoms with E-state index in [1.165, 1.54) is 22.9 Å². The number of hydrogen-bond donors (Lipinski definition) is 2. The number of carbonyl (C=O) groups is 1. The van der Waals surface area contributed by atoms with Crippen LogP contribution in [0.25, 0.3) is 17.1 Å². The van der Waals surface area contributed by atoms with Gasteiger partial charge in [0.15, 0.2) is 5.69 Å². The number of benzene rings is 2. The number of nitrogen functional groups attached to an aromatic ring is 1. The van der Waals surface area contributed by atoms with E-state index >= 15 is 0 Å². The molecule has 0 spiro atoms. The van der Waals surface area contributed by atoms with Crippen LogP contribution < -0.4 is 15.9 Å². The summed E-state index contributed by atoms with van der Waals surface area (Å²) in [5.74, 6) is -0.643. The van der Waals surface area contributed by atoms with E-state index in [9.17, 15) is 9.18 Å². The first-order chi connectivity index (χ1) is 16.5. The summed E-state index contributed by atoms with van der Waals surface area (Å²) in [7, 11) is 0. The number of rotatable bonds is 8. The predicted molar refractivity (Wildman–Crippen MR) is 121 cm³/mol. The molecule has 34 heavy (non-hydrogen) atoms. The van der Waals surface area contributed by atoms with Crippen molar-refractivity contribution >= 4 is 29.5 Å². The van der Waals surface area contributed by atoms with Crippen molar-refractivity contribution in [2.24, 2.45) is 5.10 Å². The fourth-order valence-electron chi connectivity index (χ4n) is 2.95. The zero-order chi connectivity index (χ0) is 24.1. The molecule has 1 amide bonds. The Kier molecular flexibility index (Phi) is 6.78. The third-order valence-corrected chi connectivity index (χ3v) is 4.87. The van der Waals surface area contributed by atoms with E-state index in [4.69, 9.17) is 22.1 Å². The number of hydrogen-bond acceptors (Lipinski definition) is 9. The topological polar surface area (TPSA) is 146 Å². The molecule has 0 saturated heterocycles. The number of aromatic nitrogens is 5. The minimum Gasteiger partial charge on any atom is -0.494 e. The first kappa shape index (κ1) is 22.9. The van der Waals surface area contributed by atoms with Gasteiger partial charge in [0, 0.05) is 11.1 Å².